The largest absolute Gasteiger partial charge is 0.305 e. The number of hydrogen-bond acceptors (Lipinski definition) is 2. The van der Waals surface area contributed by atoms with Crippen molar-refractivity contribution in [2.45, 2.75) is 6.92 Å². The van der Waals surface area contributed by atoms with Crippen molar-refractivity contribution >= 4 is 41.0 Å². The van der Waals surface area contributed by atoms with Gasteiger partial charge in [0.2, 0.25) is 0 Å². The Morgan fingerprint density at radius 1 is 1.14 bits per heavy atom. The molecular weight excluding hydrogens is 319 g/mol. The predicted molar refractivity (Wildman–Crippen MR) is 90.3 cm³/mol. The van der Waals surface area contributed by atoms with E-state index in [1.165, 1.54) is 0 Å². The monoisotopic (exact) mass is 330 g/mol. The predicted octanol–water partition coefficient (Wildman–Crippen LogP) is 4.22. The van der Waals surface area contributed by atoms with Crippen LogP contribution in [0.3, 0.4) is 0 Å². The van der Waals surface area contributed by atoms with Crippen LogP contribution < -0.4 is 5.32 Å². The molecule has 0 spiro atoms. The first-order chi connectivity index (χ1) is 10.5. The van der Waals surface area contributed by atoms with Gasteiger partial charge in [0, 0.05) is 15.6 Å². The molecule has 0 aliphatic carbocycles. The van der Waals surface area contributed by atoms with Crippen LogP contribution in [0.1, 0.15) is 16.7 Å². The Morgan fingerprint density at radius 3 is 2.64 bits per heavy atom. The van der Waals surface area contributed by atoms with Crippen LogP contribution in [0.5, 0.6) is 0 Å². The molecule has 0 saturated carbocycles. The van der Waals surface area contributed by atoms with E-state index in [0.29, 0.717) is 27.1 Å². The van der Waals surface area contributed by atoms with E-state index < -0.39 is 0 Å². The third kappa shape index (κ3) is 2.91. The van der Waals surface area contributed by atoms with Crippen molar-refractivity contribution in [2.24, 2.45) is 4.99 Å². The van der Waals surface area contributed by atoms with Crippen LogP contribution in [0.25, 0.3) is 6.08 Å². The molecule has 0 aromatic heterocycles. The number of rotatable bonds is 2. The number of carbonyl (C=O) groups is 1. The van der Waals surface area contributed by atoms with Crippen LogP contribution in [0.2, 0.25) is 10.0 Å². The average Bonchev–Trinajstić information content (AvgIpc) is 2.83. The SMILES string of the molecule is Cc1ccccc1C1=N/C(=C\c2ccc(Cl)cc2Cl)C(=O)N1. The van der Waals surface area contributed by atoms with Crippen molar-refractivity contribution < 1.29 is 4.79 Å². The molecule has 0 saturated heterocycles. The summed E-state index contributed by atoms with van der Waals surface area (Å²) in [6.07, 6.45) is 1.65. The number of nitrogens with zero attached hydrogens (tertiary/aromatic N) is 1. The van der Waals surface area contributed by atoms with Gasteiger partial charge in [-0.2, -0.15) is 0 Å². The first-order valence-electron chi connectivity index (χ1n) is 6.67. The van der Waals surface area contributed by atoms with Crippen LogP contribution in [0.4, 0.5) is 0 Å². The van der Waals surface area contributed by atoms with Gasteiger partial charge in [-0.25, -0.2) is 4.99 Å². The molecule has 2 aromatic carbocycles. The molecule has 0 fully saturated rings. The number of nitrogens with one attached hydrogen (secondary N) is 1. The van der Waals surface area contributed by atoms with Crippen molar-refractivity contribution in [3.05, 3.63) is 74.9 Å². The molecule has 0 unspecified atom stereocenters. The van der Waals surface area contributed by atoms with Gasteiger partial charge >= 0.3 is 0 Å². The maximum absolute atomic E-state index is 12.1. The lowest BCUT2D eigenvalue weighted by molar-refractivity contribution is -0.115. The molecule has 1 aliphatic heterocycles. The highest BCUT2D eigenvalue weighted by molar-refractivity contribution is 6.35. The molecule has 0 atom stereocenters. The summed E-state index contributed by atoms with van der Waals surface area (Å²) in [5.74, 6) is 0.309. The summed E-state index contributed by atoms with van der Waals surface area (Å²) in [6, 6.07) is 12.9. The third-order valence-corrected chi connectivity index (χ3v) is 3.91. The van der Waals surface area contributed by atoms with Crippen LogP contribution in [0, 0.1) is 6.92 Å². The second-order valence-corrected chi connectivity index (χ2v) is 5.77. The van der Waals surface area contributed by atoms with E-state index in [1.807, 2.05) is 31.2 Å². The van der Waals surface area contributed by atoms with Crippen molar-refractivity contribution in [3.63, 3.8) is 0 Å². The number of halogens is 2. The fraction of sp³-hybridized carbons (Fsp3) is 0.0588. The lowest BCUT2D eigenvalue weighted by Gasteiger charge is -2.03. The van der Waals surface area contributed by atoms with Gasteiger partial charge in [-0.1, -0.05) is 53.5 Å². The summed E-state index contributed by atoms with van der Waals surface area (Å²) in [7, 11) is 0. The van der Waals surface area contributed by atoms with E-state index in [1.54, 1.807) is 24.3 Å². The Bertz CT molecular complexity index is 825. The van der Waals surface area contributed by atoms with Gasteiger partial charge in [0.15, 0.2) is 0 Å². The molecule has 0 radical (unpaired) electrons. The molecule has 5 heteroatoms. The van der Waals surface area contributed by atoms with E-state index in [9.17, 15) is 4.79 Å². The Hall–Kier alpha value is -2.10. The number of amides is 1. The molecule has 3 nitrogen and oxygen atoms in total. The number of hydrogen-bond donors (Lipinski definition) is 1. The van der Waals surface area contributed by atoms with Crippen LogP contribution in [-0.2, 0) is 4.79 Å². The van der Waals surface area contributed by atoms with Gasteiger partial charge < -0.3 is 5.32 Å². The summed E-state index contributed by atoms with van der Waals surface area (Å²) in [5, 5.41) is 3.81. The number of carbonyl (C=O) groups excluding carboxylic acids is 1. The van der Waals surface area contributed by atoms with Crippen molar-refractivity contribution in [3.8, 4) is 0 Å². The summed E-state index contributed by atoms with van der Waals surface area (Å²) in [6.45, 7) is 1.97. The molecule has 0 bridgehead atoms. The summed E-state index contributed by atoms with van der Waals surface area (Å²) in [4.78, 5) is 16.5. The highest BCUT2D eigenvalue weighted by Crippen LogP contribution is 2.24. The Kier molecular flexibility index (Phi) is 4.01. The van der Waals surface area contributed by atoms with E-state index >= 15 is 0 Å². The van der Waals surface area contributed by atoms with Crippen molar-refractivity contribution in [1.29, 1.82) is 0 Å². The zero-order valence-electron chi connectivity index (χ0n) is 11.7. The second kappa shape index (κ2) is 5.95. The molecule has 22 heavy (non-hydrogen) atoms. The standard InChI is InChI=1S/C17H12Cl2N2O/c1-10-4-2-3-5-13(10)16-20-15(17(22)21-16)8-11-6-7-12(18)9-14(11)19/h2-9H,1H3,(H,20,21,22)/b15-8-. The minimum absolute atomic E-state index is 0.246. The van der Waals surface area contributed by atoms with Gasteiger partial charge in [-0.05, 0) is 36.3 Å². The lowest BCUT2D eigenvalue weighted by atomic mass is 10.1. The molecule has 1 aliphatic rings. The third-order valence-electron chi connectivity index (χ3n) is 3.35. The fourth-order valence-corrected chi connectivity index (χ4v) is 2.66. The number of amidine groups is 1. The minimum atomic E-state index is -0.246. The normalized spacial score (nSPS) is 15.9. The van der Waals surface area contributed by atoms with Crippen molar-refractivity contribution in [2.75, 3.05) is 0 Å². The average molecular weight is 331 g/mol. The highest BCUT2D eigenvalue weighted by Gasteiger charge is 2.22. The van der Waals surface area contributed by atoms with Gasteiger partial charge in [0.1, 0.15) is 11.5 Å². The van der Waals surface area contributed by atoms with Crippen LogP contribution >= 0.6 is 23.2 Å². The number of benzene rings is 2. The molecule has 1 amide bonds. The smallest absolute Gasteiger partial charge is 0.275 e. The van der Waals surface area contributed by atoms with Crippen LogP contribution in [-0.4, -0.2) is 11.7 Å². The van der Waals surface area contributed by atoms with E-state index in [4.69, 9.17) is 23.2 Å². The minimum Gasteiger partial charge on any atom is -0.305 e. The zero-order valence-corrected chi connectivity index (χ0v) is 13.2. The Balaban J connectivity index is 2.00. The Labute approximate surface area is 138 Å². The van der Waals surface area contributed by atoms with Crippen LogP contribution in [0.15, 0.2) is 53.2 Å². The highest BCUT2D eigenvalue weighted by atomic mass is 35.5. The molecule has 110 valence electrons. The zero-order chi connectivity index (χ0) is 15.7. The maximum Gasteiger partial charge on any atom is 0.275 e. The molecule has 1 heterocycles. The lowest BCUT2D eigenvalue weighted by Crippen LogP contribution is -2.25. The molecule has 2 aromatic rings. The maximum atomic E-state index is 12.1. The fourth-order valence-electron chi connectivity index (χ4n) is 2.20. The van der Waals surface area contributed by atoms with Gasteiger partial charge in [-0.15, -0.1) is 0 Å². The van der Waals surface area contributed by atoms with Gasteiger partial charge in [-0.3, -0.25) is 4.79 Å². The first-order valence-corrected chi connectivity index (χ1v) is 7.43. The number of aliphatic imine (C=N–C) groups is 1. The topological polar surface area (TPSA) is 41.5 Å². The molecule has 3 rings (SSSR count). The van der Waals surface area contributed by atoms with Crippen molar-refractivity contribution in [1.82, 2.24) is 5.32 Å². The first kappa shape index (κ1) is 14.8. The molecular formula is C17H12Cl2N2O. The van der Waals surface area contributed by atoms with E-state index in [2.05, 4.69) is 10.3 Å². The quantitative estimate of drug-likeness (QED) is 0.823. The molecule has 1 N–H and O–H groups in total. The summed E-state index contributed by atoms with van der Waals surface area (Å²) >= 11 is 12.0. The summed E-state index contributed by atoms with van der Waals surface area (Å²) in [5.41, 5.74) is 2.97. The van der Waals surface area contributed by atoms with E-state index in [-0.39, 0.29) is 5.91 Å². The Morgan fingerprint density at radius 2 is 1.91 bits per heavy atom. The van der Waals surface area contributed by atoms with E-state index in [0.717, 1.165) is 11.1 Å². The number of aryl methyl sites for hydroxylation is 1. The second-order valence-electron chi connectivity index (χ2n) is 4.92. The van der Waals surface area contributed by atoms with Gasteiger partial charge in [0.25, 0.3) is 5.91 Å². The van der Waals surface area contributed by atoms with Gasteiger partial charge in [0.05, 0.1) is 0 Å². The summed E-state index contributed by atoms with van der Waals surface area (Å²) < 4.78 is 0.